The predicted molar refractivity (Wildman–Crippen MR) is 87.4 cm³/mol. The fourth-order valence-electron chi connectivity index (χ4n) is 4.46. The Morgan fingerprint density at radius 2 is 1.73 bits per heavy atom. The molecule has 1 saturated heterocycles. The molecule has 0 aromatic carbocycles. The van der Waals surface area contributed by atoms with Gasteiger partial charge in [0.1, 0.15) is 5.82 Å². The predicted octanol–water partition coefficient (Wildman–Crippen LogP) is 1.63. The molecular weight excluding hydrogens is 276 g/mol. The highest BCUT2D eigenvalue weighted by Gasteiger charge is 2.41. The molecule has 3 atom stereocenters. The molecule has 0 bridgehead atoms. The molecule has 120 valence electrons. The Hall–Kier alpha value is -1.36. The Morgan fingerprint density at radius 3 is 2.41 bits per heavy atom. The first kappa shape index (κ1) is 14.2. The van der Waals surface area contributed by atoms with E-state index in [0.29, 0.717) is 11.8 Å². The minimum Gasteiger partial charge on any atom is -0.393 e. The number of hydrogen-bond donors (Lipinski definition) is 1. The second-order valence-corrected chi connectivity index (χ2v) is 7.42. The van der Waals surface area contributed by atoms with Gasteiger partial charge in [0.2, 0.25) is 5.95 Å². The quantitative estimate of drug-likeness (QED) is 0.900. The van der Waals surface area contributed by atoms with Gasteiger partial charge in [-0.25, -0.2) is 4.98 Å². The van der Waals surface area contributed by atoms with Crippen LogP contribution < -0.4 is 9.80 Å². The van der Waals surface area contributed by atoms with Crippen molar-refractivity contribution in [2.24, 2.45) is 11.8 Å². The van der Waals surface area contributed by atoms with E-state index in [9.17, 15) is 5.11 Å². The third-order valence-electron chi connectivity index (χ3n) is 5.58. The number of aliphatic hydroxyl groups is 1. The van der Waals surface area contributed by atoms with Crippen LogP contribution in [0.25, 0.3) is 0 Å². The van der Waals surface area contributed by atoms with Crippen LogP contribution >= 0.6 is 0 Å². The molecule has 4 rings (SSSR count). The molecule has 0 radical (unpaired) electrons. The average molecular weight is 302 g/mol. The van der Waals surface area contributed by atoms with Crippen molar-refractivity contribution in [2.75, 3.05) is 37.0 Å². The van der Waals surface area contributed by atoms with Crippen LogP contribution in [0.15, 0.2) is 0 Å². The first-order valence-corrected chi connectivity index (χ1v) is 8.62. The third kappa shape index (κ3) is 2.35. The summed E-state index contributed by atoms with van der Waals surface area (Å²) in [6.07, 6.45) is 6.56. The third-order valence-corrected chi connectivity index (χ3v) is 5.58. The van der Waals surface area contributed by atoms with Crippen LogP contribution in [-0.4, -0.2) is 48.4 Å². The Bertz CT molecular complexity index is 560. The lowest BCUT2D eigenvalue weighted by Gasteiger charge is -2.27. The van der Waals surface area contributed by atoms with Crippen molar-refractivity contribution in [3.8, 4) is 0 Å². The lowest BCUT2D eigenvalue weighted by atomic mass is 9.96. The van der Waals surface area contributed by atoms with Gasteiger partial charge in [-0.05, 0) is 50.4 Å². The molecular formula is C17H26N4O. The lowest BCUT2D eigenvalue weighted by molar-refractivity contribution is 0.174. The van der Waals surface area contributed by atoms with E-state index < -0.39 is 0 Å². The SMILES string of the molecule is CN(C)c1nc2c(c(N3C[C@H]4CC(O)C[C@H]4C3)n1)CCCC2. The van der Waals surface area contributed by atoms with Gasteiger partial charge < -0.3 is 14.9 Å². The van der Waals surface area contributed by atoms with E-state index in [4.69, 9.17) is 9.97 Å². The number of aromatic nitrogens is 2. The summed E-state index contributed by atoms with van der Waals surface area (Å²) in [5.41, 5.74) is 2.65. The maximum atomic E-state index is 9.85. The van der Waals surface area contributed by atoms with Gasteiger partial charge in [0.15, 0.2) is 0 Å². The van der Waals surface area contributed by atoms with E-state index in [-0.39, 0.29) is 6.10 Å². The van der Waals surface area contributed by atoms with Gasteiger partial charge >= 0.3 is 0 Å². The zero-order valence-electron chi connectivity index (χ0n) is 13.6. The number of rotatable bonds is 2. The lowest BCUT2D eigenvalue weighted by Crippen LogP contribution is -2.28. The van der Waals surface area contributed by atoms with Gasteiger partial charge in [-0.2, -0.15) is 4.98 Å². The van der Waals surface area contributed by atoms with Gasteiger partial charge in [-0.3, -0.25) is 0 Å². The number of fused-ring (bicyclic) bond motifs is 2. The van der Waals surface area contributed by atoms with Crippen LogP contribution in [-0.2, 0) is 12.8 Å². The number of aliphatic hydroxyl groups excluding tert-OH is 1. The molecule has 1 aromatic rings. The Morgan fingerprint density at radius 1 is 1.05 bits per heavy atom. The van der Waals surface area contributed by atoms with Crippen molar-refractivity contribution in [2.45, 2.75) is 44.6 Å². The first-order chi connectivity index (χ1) is 10.6. The molecule has 1 unspecified atom stereocenters. The van der Waals surface area contributed by atoms with Gasteiger partial charge in [-0.15, -0.1) is 0 Å². The largest absolute Gasteiger partial charge is 0.393 e. The van der Waals surface area contributed by atoms with E-state index in [2.05, 4.69) is 4.90 Å². The van der Waals surface area contributed by atoms with Crippen LogP contribution in [0.5, 0.6) is 0 Å². The van der Waals surface area contributed by atoms with Gasteiger partial charge in [0.25, 0.3) is 0 Å². The van der Waals surface area contributed by atoms with E-state index in [1.54, 1.807) is 0 Å². The van der Waals surface area contributed by atoms with Crippen molar-refractivity contribution in [1.82, 2.24) is 9.97 Å². The summed E-state index contributed by atoms with van der Waals surface area (Å²) in [6, 6.07) is 0. The zero-order chi connectivity index (χ0) is 15.3. The van der Waals surface area contributed by atoms with Crippen molar-refractivity contribution < 1.29 is 5.11 Å². The number of anilines is 2. The van der Waals surface area contributed by atoms with E-state index in [1.807, 2.05) is 19.0 Å². The van der Waals surface area contributed by atoms with E-state index in [0.717, 1.165) is 44.7 Å². The molecule has 2 fully saturated rings. The summed E-state index contributed by atoms with van der Waals surface area (Å²) in [5, 5.41) is 9.85. The number of nitrogens with zero attached hydrogens (tertiary/aromatic N) is 4. The monoisotopic (exact) mass is 302 g/mol. The van der Waals surface area contributed by atoms with Gasteiger partial charge in [-0.1, -0.05) is 0 Å². The molecule has 1 N–H and O–H groups in total. The minimum atomic E-state index is -0.0752. The Labute approximate surface area is 132 Å². The summed E-state index contributed by atoms with van der Waals surface area (Å²) in [5.74, 6) is 3.31. The molecule has 3 aliphatic rings. The molecule has 2 aliphatic carbocycles. The highest BCUT2D eigenvalue weighted by atomic mass is 16.3. The number of hydrogen-bond acceptors (Lipinski definition) is 5. The summed E-state index contributed by atoms with van der Waals surface area (Å²) in [4.78, 5) is 14.2. The van der Waals surface area contributed by atoms with Crippen LogP contribution in [0.1, 0.15) is 36.9 Å². The van der Waals surface area contributed by atoms with Gasteiger partial charge in [0, 0.05) is 32.7 Å². The van der Waals surface area contributed by atoms with Crippen molar-refractivity contribution >= 4 is 11.8 Å². The molecule has 1 aromatic heterocycles. The second kappa shape index (κ2) is 5.37. The Balaban J connectivity index is 1.67. The Kier molecular flexibility index (Phi) is 3.48. The maximum Gasteiger partial charge on any atom is 0.227 e. The molecule has 0 spiro atoms. The topological polar surface area (TPSA) is 52.5 Å². The van der Waals surface area contributed by atoms with Crippen molar-refractivity contribution in [3.63, 3.8) is 0 Å². The smallest absolute Gasteiger partial charge is 0.227 e. The molecule has 5 nitrogen and oxygen atoms in total. The zero-order valence-corrected chi connectivity index (χ0v) is 13.6. The molecule has 5 heteroatoms. The van der Waals surface area contributed by atoms with Crippen LogP contribution in [0, 0.1) is 11.8 Å². The minimum absolute atomic E-state index is 0.0752. The van der Waals surface area contributed by atoms with Crippen molar-refractivity contribution in [3.05, 3.63) is 11.3 Å². The van der Waals surface area contributed by atoms with Crippen LogP contribution in [0.2, 0.25) is 0 Å². The molecule has 22 heavy (non-hydrogen) atoms. The van der Waals surface area contributed by atoms with E-state index in [1.165, 1.54) is 29.9 Å². The molecule has 0 amide bonds. The first-order valence-electron chi connectivity index (χ1n) is 8.62. The molecule has 2 heterocycles. The normalized spacial score (nSPS) is 30.3. The van der Waals surface area contributed by atoms with Crippen LogP contribution in [0.4, 0.5) is 11.8 Å². The fraction of sp³-hybridized carbons (Fsp3) is 0.765. The van der Waals surface area contributed by atoms with Crippen LogP contribution in [0.3, 0.4) is 0 Å². The molecule has 1 saturated carbocycles. The van der Waals surface area contributed by atoms with Crippen molar-refractivity contribution in [1.29, 1.82) is 0 Å². The summed E-state index contributed by atoms with van der Waals surface area (Å²) >= 11 is 0. The van der Waals surface area contributed by atoms with E-state index >= 15 is 0 Å². The summed E-state index contributed by atoms with van der Waals surface area (Å²) < 4.78 is 0. The average Bonchev–Trinajstić information content (AvgIpc) is 3.03. The summed E-state index contributed by atoms with van der Waals surface area (Å²) in [6.45, 7) is 2.11. The van der Waals surface area contributed by atoms with Gasteiger partial charge in [0.05, 0.1) is 11.8 Å². The molecule has 1 aliphatic heterocycles. The number of aryl methyl sites for hydroxylation is 1. The second-order valence-electron chi connectivity index (χ2n) is 7.42. The standard InChI is InChI=1S/C17H26N4O/c1-20(2)17-18-15-6-4-3-5-14(15)16(19-17)21-9-11-7-13(22)8-12(11)10-21/h11-13,22H,3-10H2,1-2H3/t11-,12+,13?. The highest BCUT2D eigenvalue weighted by molar-refractivity contribution is 5.55. The highest BCUT2D eigenvalue weighted by Crippen LogP contribution is 2.41. The maximum absolute atomic E-state index is 9.85. The summed E-state index contributed by atoms with van der Waals surface area (Å²) in [7, 11) is 4.03. The fourth-order valence-corrected chi connectivity index (χ4v) is 4.46.